The first-order valence-corrected chi connectivity index (χ1v) is 24.1. The maximum atomic E-state index is 7.38. The van der Waals surface area contributed by atoms with E-state index in [4.69, 9.17) is 4.42 Å². The second-order valence-corrected chi connectivity index (χ2v) is 24.0. The number of furan rings is 1. The van der Waals surface area contributed by atoms with Crippen molar-refractivity contribution in [3.8, 4) is 27.9 Å². The van der Waals surface area contributed by atoms with Crippen molar-refractivity contribution in [2.45, 2.75) is 123 Å². The fraction of sp³-hybridized carbons (Fsp3) is 0.311. The molecule has 4 aliphatic rings. The average Bonchev–Trinajstić information content (AvgIpc) is 3.89. The lowest BCUT2D eigenvalue weighted by Gasteiger charge is -2.46. The molecule has 4 heteroatoms. The van der Waals surface area contributed by atoms with E-state index in [1.165, 1.54) is 116 Å². The molecule has 0 bridgehead atoms. The zero-order chi connectivity index (χ0) is 45.1. The number of anilines is 2. The summed E-state index contributed by atoms with van der Waals surface area (Å²) in [5, 5.41) is 5.00. The molecule has 4 heterocycles. The Morgan fingerprint density at radius 1 is 0.554 bits per heavy atom. The Morgan fingerprint density at radius 2 is 1.22 bits per heavy atom. The van der Waals surface area contributed by atoms with Crippen molar-refractivity contribution in [3.63, 3.8) is 0 Å². The second-order valence-electron chi connectivity index (χ2n) is 24.0. The molecule has 0 atom stereocenters. The molecule has 0 N–H and O–H groups in total. The van der Waals surface area contributed by atoms with E-state index >= 15 is 0 Å². The van der Waals surface area contributed by atoms with E-state index in [9.17, 15) is 0 Å². The standard InChI is InChI=1S/C61H59BN2O/c1-57(2,3)34-21-24-36(25-22-34)64-48-33-45-44(59(7,8)27-28-60(45,9)10)30-41(48)53-54-55-51(52-38-18-14-16-20-50(38)65-56(52)53)40-29-35(58(4,5)6)23-26-47(40)63(55)49-31-39-37-17-13-15-19-42(37)61(11,12)43(39)32-46(49)62(54)64/h13-26,29-33H,27-28H2,1-12H3. The molecule has 9 aromatic rings. The van der Waals surface area contributed by atoms with Gasteiger partial charge in [0.15, 0.2) is 0 Å². The normalized spacial score (nSPS) is 17.4. The van der Waals surface area contributed by atoms with Crippen molar-refractivity contribution in [2.24, 2.45) is 0 Å². The molecule has 3 nitrogen and oxygen atoms in total. The molecular weight excluding hydrogens is 787 g/mol. The summed E-state index contributed by atoms with van der Waals surface area (Å²) >= 11 is 0. The lowest BCUT2D eigenvalue weighted by molar-refractivity contribution is 0.332. The maximum absolute atomic E-state index is 7.38. The fourth-order valence-electron chi connectivity index (χ4n) is 12.9. The van der Waals surface area contributed by atoms with Crippen molar-refractivity contribution in [1.29, 1.82) is 0 Å². The first kappa shape index (κ1) is 39.4. The van der Waals surface area contributed by atoms with E-state index in [0.717, 1.165) is 24.0 Å². The Labute approximate surface area is 384 Å². The van der Waals surface area contributed by atoms with Gasteiger partial charge in [0.25, 0.3) is 0 Å². The highest BCUT2D eigenvalue weighted by Gasteiger charge is 2.49. The molecule has 0 fully saturated rings. The van der Waals surface area contributed by atoms with Gasteiger partial charge in [-0.15, -0.1) is 0 Å². The quantitative estimate of drug-likeness (QED) is 0.154. The number of aromatic nitrogens is 1. The molecule has 65 heavy (non-hydrogen) atoms. The summed E-state index contributed by atoms with van der Waals surface area (Å²) in [5.41, 5.74) is 24.5. The zero-order valence-electron chi connectivity index (χ0n) is 40.3. The van der Waals surface area contributed by atoms with Gasteiger partial charge in [-0.3, -0.25) is 0 Å². The molecule has 0 unspecified atom stereocenters. The number of benzene rings is 7. The highest BCUT2D eigenvalue weighted by molar-refractivity contribution is 6.94. The number of nitrogens with zero attached hydrogens (tertiary/aromatic N) is 2. The van der Waals surface area contributed by atoms with Crippen molar-refractivity contribution in [2.75, 3.05) is 4.81 Å². The summed E-state index contributed by atoms with van der Waals surface area (Å²) in [4.78, 5) is 2.75. The third kappa shape index (κ3) is 5.04. The van der Waals surface area contributed by atoms with Crippen LogP contribution in [0.3, 0.4) is 0 Å². The topological polar surface area (TPSA) is 21.3 Å². The van der Waals surface area contributed by atoms with Crippen molar-refractivity contribution < 1.29 is 4.42 Å². The van der Waals surface area contributed by atoms with E-state index in [2.05, 4.69) is 208 Å². The fourth-order valence-corrected chi connectivity index (χ4v) is 12.9. The van der Waals surface area contributed by atoms with E-state index in [1.807, 2.05) is 0 Å². The largest absolute Gasteiger partial charge is 0.455 e. The maximum Gasteiger partial charge on any atom is 0.333 e. The Bertz CT molecular complexity index is 3600. The lowest BCUT2D eigenvalue weighted by atomic mass is 9.43. The van der Waals surface area contributed by atoms with E-state index in [-0.39, 0.29) is 33.9 Å². The summed E-state index contributed by atoms with van der Waals surface area (Å²) in [6.45, 7) is 28.6. The summed E-state index contributed by atoms with van der Waals surface area (Å²) < 4.78 is 10.1. The number of hydrogen-bond acceptors (Lipinski definition) is 2. The van der Waals surface area contributed by atoms with Crippen LogP contribution in [0, 0.1) is 0 Å². The molecule has 0 radical (unpaired) electrons. The van der Waals surface area contributed by atoms with Crippen LogP contribution in [0.4, 0.5) is 11.4 Å². The van der Waals surface area contributed by atoms with Crippen LogP contribution in [0.25, 0.3) is 71.7 Å². The molecule has 2 aromatic heterocycles. The van der Waals surface area contributed by atoms with Crippen LogP contribution in [-0.2, 0) is 27.1 Å². The monoisotopic (exact) mass is 846 g/mol. The average molecular weight is 847 g/mol. The van der Waals surface area contributed by atoms with Crippen LogP contribution in [0.1, 0.15) is 129 Å². The molecule has 0 amide bonds. The zero-order valence-corrected chi connectivity index (χ0v) is 40.3. The summed E-state index contributed by atoms with van der Waals surface area (Å²) in [7, 11) is 0. The van der Waals surface area contributed by atoms with Crippen LogP contribution < -0.4 is 15.7 Å². The van der Waals surface area contributed by atoms with Crippen LogP contribution in [-0.4, -0.2) is 11.4 Å². The smallest absolute Gasteiger partial charge is 0.333 e. The second kappa shape index (κ2) is 12.3. The molecule has 13 rings (SSSR count). The predicted molar refractivity (Wildman–Crippen MR) is 277 cm³/mol. The van der Waals surface area contributed by atoms with E-state index in [1.54, 1.807) is 0 Å². The minimum Gasteiger partial charge on any atom is -0.455 e. The van der Waals surface area contributed by atoms with Crippen molar-refractivity contribution in [1.82, 2.24) is 4.57 Å². The van der Waals surface area contributed by atoms with E-state index < -0.39 is 0 Å². The number of para-hydroxylation sites is 1. The molecule has 0 saturated heterocycles. The predicted octanol–water partition coefficient (Wildman–Crippen LogP) is 15.2. The van der Waals surface area contributed by atoms with Gasteiger partial charge < -0.3 is 13.8 Å². The van der Waals surface area contributed by atoms with Gasteiger partial charge in [0, 0.05) is 55.1 Å². The van der Waals surface area contributed by atoms with Crippen molar-refractivity contribution in [3.05, 3.63) is 149 Å². The number of hydrogen-bond donors (Lipinski definition) is 0. The molecular formula is C61H59BN2O. The van der Waals surface area contributed by atoms with Crippen molar-refractivity contribution >= 4 is 72.9 Å². The van der Waals surface area contributed by atoms with Crippen LogP contribution in [0.2, 0.25) is 0 Å². The summed E-state index contributed by atoms with van der Waals surface area (Å²) in [5.74, 6) is 0. The van der Waals surface area contributed by atoms with Gasteiger partial charge in [-0.2, -0.15) is 0 Å². The Kier molecular flexibility index (Phi) is 7.43. The number of fused-ring (bicyclic) bond motifs is 17. The van der Waals surface area contributed by atoms with Gasteiger partial charge in [0.2, 0.25) is 0 Å². The molecule has 2 aliphatic heterocycles. The van der Waals surface area contributed by atoms with Gasteiger partial charge in [-0.1, -0.05) is 150 Å². The first-order valence-electron chi connectivity index (χ1n) is 24.1. The van der Waals surface area contributed by atoms with Gasteiger partial charge in [0.1, 0.15) is 11.2 Å². The summed E-state index contributed by atoms with van der Waals surface area (Å²) in [6.07, 6.45) is 2.31. The molecule has 0 spiro atoms. The Balaban J connectivity index is 1.28. The minimum atomic E-state index is -0.164. The molecule has 0 saturated carbocycles. The van der Waals surface area contributed by atoms with Crippen LogP contribution >= 0.6 is 0 Å². The first-order chi connectivity index (χ1) is 30.8. The molecule has 322 valence electrons. The van der Waals surface area contributed by atoms with Crippen LogP contribution in [0.5, 0.6) is 0 Å². The minimum absolute atomic E-state index is 0.0240. The van der Waals surface area contributed by atoms with Gasteiger partial charge in [-0.25, -0.2) is 0 Å². The van der Waals surface area contributed by atoms with Gasteiger partial charge in [-0.05, 0) is 138 Å². The van der Waals surface area contributed by atoms with Gasteiger partial charge >= 0.3 is 6.85 Å². The lowest BCUT2D eigenvalue weighted by Crippen LogP contribution is -2.61. The highest BCUT2D eigenvalue weighted by atomic mass is 16.3. The molecule has 2 aliphatic carbocycles. The van der Waals surface area contributed by atoms with Gasteiger partial charge in [0.05, 0.1) is 11.0 Å². The SMILES string of the molecule is CC(C)(C)c1ccc(N2B3c4cc5c(cc4-n4c6ccc(C(C)(C)C)cc6c6c7c(oc8ccccc87)c(c3c64)-c3cc4c(cc32)C(C)(C)CCC4(C)C)-c2ccccc2C5(C)C)cc1. The highest BCUT2D eigenvalue weighted by Crippen LogP contribution is 2.56. The Morgan fingerprint density at radius 3 is 1.94 bits per heavy atom. The third-order valence-corrected chi connectivity index (χ3v) is 16.7. The Hall–Kier alpha value is -6.00. The third-order valence-electron chi connectivity index (χ3n) is 16.7. The summed E-state index contributed by atoms with van der Waals surface area (Å²) in [6, 6.07) is 45.2. The molecule has 7 aromatic carbocycles. The van der Waals surface area contributed by atoms with Crippen LogP contribution in [0.15, 0.2) is 120 Å². The van der Waals surface area contributed by atoms with E-state index in [0.29, 0.717) is 0 Å². The number of rotatable bonds is 1.